The van der Waals surface area contributed by atoms with E-state index in [1.165, 1.54) is 0 Å². The smallest absolute Gasteiger partial charge is 0.201 e. The molecule has 9 heteroatoms. The van der Waals surface area contributed by atoms with Gasteiger partial charge >= 0.3 is 0 Å². The number of aromatic nitrogens is 4. The Balaban J connectivity index is 1.35. The summed E-state index contributed by atoms with van der Waals surface area (Å²) in [5.74, 6) is -1.65. The summed E-state index contributed by atoms with van der Waals surface area (Å²) in [6, 6.07) is 6.73. The molecule has 6 rings (SSSR count). The Morgan fingerprint density at radius 3 is 2.68 bits per heavy atom. The van der Waals surface area contributed by atoms with Gasteiger partial charge in [0, 0.05) is 54.0 Å². The molecule has 7 nitrogen and oxygen atoms in total. The molecule has 200 valence electrons. The third kappa shape index (κ3) is 4.18. The Bertz CT molecular complexity index is 1520. The molecule has 38 heavy (non-hydrogen) atoms. The molecule has 0 spiro atoms. The van der Waals surface area contributed by atoms with Crippen LogP contribution in [-0.4, -0.2) is 38.2 Å². The zero-order valence-electron chi connectivity index (χ0n) is 22.0. The molecule has 4 aromatic rings. The van der Waals surface area contributed by atoms with Crippen molar-refractivity contribution in [2.24, 2.45) is 7.05 Å². The SMILES string of the molecule is CNCc1cnn2c(C3CC3)cc(-c3ccc(F)c(F)c3OCCc3c(C4(O)CCC4)nn(C)c3C)cc12. The van der Waals surface area contributed by atoms with Gasteiger partial charge in [-0.2, -0.15) is 14.6 Å². The van der Waals surface area contributed by atoms with E-state index in [0.717, 1.165) is 58.9 Å². The van der Waals surface area contributed by atoms with Crippen molar-refractivity contribution in [2.45, 2.75) is 63.5 Å². The fourth-order valence-electron chi connectivity index (χ4n) is 5.54. The molecule has 3 heterocycles. The minimum absolute atomic E-state index is 0.101. The molecular weight excluding hydrogens is 488 g/mol. The summed E-state index contributed by atoms with van der Waals surface area (Å²) in [5.41, 5.74) is 5.92. The molecule has 1 aromatic carbocycles. The van der Waals surface area contributed by atoms with Crippen LogP contribution < -0.4 is 10.1 Å². The van der Waals surface area contributed by atoms with E-state index in [1.807, 2.05) is 43.9 Å². The van der Waals surface area contributed by atoms with Crippen LogP contribution in [0.4, 0.5) is 8.78 Å². The molecule has 0 bridgehead atoms. The molecule has 2 aliphatic rings. The first kappa shape index (κ1) is 25.0. The van der Waals surface area contributed by atoms with Crippen LogP contribution in [0.2, 0.25) is 0 Å². The van der Waals surface area contributed by atoms with Gasteiger partial charge in [-0.1, -0.05) is 0 Å². The molecule has 0 amide bonds. The number of rotatable bonds is 9. The van der Waals surface area contributed by atoms with Crippen LogP contribution in [0.3, 0.4) is 0 Å². The second-order valence-electron chi connectivity index (χ2n) is 10.7. The average Bonchev–Trinajstić information content (AvgIpc) is 3.60. The van der Waals surface area contributed by atoms with Gasteiger partial charge in [0.1, 0.15) is 5.60 Å². The highest BCUT2D eigenvalue weighted by Gasteiger charge is 2.41. The monoisotopic (exact) mass is 521 g/mol. The summed E-state index contributed by atoms with van der Waals surface area (Å²) in [6.45, 7) is 2.72. The van der Waals surface area contributed by atoms with E-state index >= 15 is 4.39 Å². The molecule has 0 unspecified atom stereocenters. The lowest BCUT2D eigenvalue weighted by Crippen LogP contribution is -2.35. The van der Waals surface area contributed by atoms with Crippen molar-refractivity contribution < 1.29 is 18.6 Å². The van der Waals surface area contributed by atoms with Gasteiger partial charge in [-0.25, -0.2) is 8.91 Å². The number of aliphatic hydroxyl groups is 1. The Morgan fingerprint density at radius 1 is 1.21 bits per heavy atom. The molecular formula is C29H33F2N5O2. The van der Waals surface area contributed by atoms with Crippen molar-refractivity contribution >= 4 is 5.52 Å². The Kier molecular flexibility index (Phi) is 6.23. The molecule has 0 radical (unpaired) electrons. The van der Waals surface area contributed by atoms with Gasteiger partial charge in [-0.05, 0) is 75.9 Å². The van der Waals surface area contributed by atoms with Crippen molar-refractivity contribution in [2.75, 3.05) is 13.7 Å². The highest BCUT2D eigenvalue weighted by molar-refractivity contribution is 5.76. The average molecular weight is 522 g/mol. The molecule has 3 aromatic heterocycles. The molecule has 2 saturated carbocycles. The van der Waals surface area contributed by atoms with Crippen molar-refractivity contribution in [3.05, 3.63) is 70.3 Å². The lowest BCUT2D eigenvalue weighted by molar-refractivity contribution is -0.0437. The molecule has 2 N–H and O–H groups in total. The van der Waals surface area contributed by atoms with Gasteiger partial charge in [0.05, 0.1) is 24.0 Å². The molecule has 0 saturated heterocycles. The van der Waals surface area contributed by atoms with E-state index in [2.05, 4.69) is 15.5 Å². The zero-order chi connectivity index (χ0) is 26.6. The third-order valence-electron chi connectivity index (χ3n) is 8.13. The fourth-order valence-corrected chi connectivity index (χ4v) is 5.54. The summed E-state index contributed by atoms with van der Waals surface area (Å²) >= 11 is 0. The third-order valence-corrected chi connectivity index (χ3v) is 8.13. The first-order valence-electron chi connectivity index (χ1n) is 13.3. The maximum Gasteiger partial charge on any atom is 0.201 e. The first-order chi connectivity index (χ1) is 18.3. The van der Waals surface area contributed by atoms with Gasteiger partial charge in [-0.3, -0.25) is 4.68 Å². The van der Waals surface area contributed by atoms with Gasteiger partial charge in [0.2, 0.25) is 5.82 Å². The molecule has 2 fully saturated rings. The summed E-state index contributed by atoms with van der Waals surface area (Å²) in [7, 11) is 3.73. The summed E-state index contributed by atoms with van der Waals surface area (Å²) in [4.78, 5) is 0. The zero-order valence-corrected chi connectivity index (χ0v) is 22.0. The first-order valence-corrected chi connectivity index (χ1v) is 13.3. The fraction of sp³-hybridized carbons (Fsp3) is 0.448. The minimum Gasteiger partial charge on any atom is -0.489 e. The van der Waals surface area contributed by atoms with E-state index in [9.17, 15) is 9.50 Å². The standard InChI is InChI=1S/C29H33F2N5O2/c1-17-21(28(34-35(17)3)29(37)10-4-11-29)9-12-38-27-22(7-8-23(30)26(27)31)19-13-24(18-5-6-18)36-25(14-19)20(15-32-2)16-33-36/h7-8,13-14,16,18,32,37H,4-6,9-12,15H2,1-3H3. The number of pyridine rings is 1. The number of ether oxygens (including phenoxy) is 1. The minimum atomic E-state index is -1.000. The van der Waals surface area contributed by atoms with Crippen LogP contribution in [0.25, 0.3) is 16.6 Å². The Hall–Kier alpha value is -3.30. The predicted molar refractivity (Wildman–Crippen MR) is 140 cm³/mol. The highest BCUT2D eigenvalue weighted by Crippen LogP contribution is 2.44. The van der Waals surface area contributed by atoms with E-state index in [-0.39, 0.29) is 12.4 Å². The number of fused-ring (bicyclic) bond motifs is 1. The second-order valence-corrected chi connectivity index (χ2v) is 10.7. The summed E-state index contributed by atoms with van der Waals surface area (Å²) in [6.07, 6.45) is 6.76. The van der Waals surface area contributed by atoms with Crippen LogP contribution >= 0.6 is 0 Å². The van der Waals surface area contributed by atoms with Crippen LogP contribution in [-0.2, 0) is 25.6 Å². The maximum absolute atomic E-state index is 15.2. The summed E-state index contributed by atoms with van der Waals surface area (Å²) in [5, 5.41) is 23.3. The lowest BCUT2D eigenvalue weighted by atomic mass is 9.76. The van der Waals surface area contributed by atoms with Crippen molar-refractivity contribution in [3.8, 4) is 16.9 Å². The molecule has 0 atom stereocenters. The Morgan fingerprint density at radius 2 is 2.00 bits per heavy atom. The van der Waals surface area contributed by atoms with Gasteiger partial charge in [0.15, 0.2) is 11.6 Å². The number of benzene rings is 1. The predicted octanol–water partition coefficient (Wildman–Crippen LogP) is 4.91. The number of hydrogen-bond acceptors (Lipinski definition) is 5. The maximum atomic E-state index is 15.2. The van der Waals surface area contributed by atoms with Crippen molar-refractivity contribution in [1.29, 1.82) is 0 Å². The van der Waals surface area contributed by atoms with E-state index in [1.54, 1.807) is 10.7 Å². The topological polar surface area (TPSA) is 76.6 Å². The van der Waals surface area contributed by atoms with Gasteiger partial charge in [-0.15, -0.1) is 0 Å². The molecule has 0 aliphatic heterocycles. The second kappa shape index (κ2) is 9.47. The number of halogens is 2. The lowest BCUT2D eigenvalue weighted by Gasteiger charge is -2.35. The van der Waals surface area contributed by atoms with Crippen LogP contribution in [0.1, 0.15) is 66.2 Å². The van der Waals surface area contributed by atoms with Gasteiger partial charge < -0.3 is 15.2 Å². The number of nitrogens with zero attached hydrogens (tertiary/aromatic N) is 4. The normalized spacial score (nSPS) is 16.7. The van der Waals surface area contributed by atoms with Gasteiger partial charge in [0.25, 0.3) is 0 Å². The van der Waals surface area contributed by atoms with E-state index in [4.69, 9.17) is 4.74 Å². The van der Waals surface area contributed by atoms with Crippen LogP contribution in [0.15, 0.2) is 30.5 Å². The van der Waals surface area contributed by atoms with E-state index in [0.29, 0.717) is 43.0 Å². The van der Waals surface area contributed by atoms with Crippen molar-refractivity contribution in [3.63, 3.8) is 0 Å². The quantitative estimate of drug-likeness (QED) is 0.327. The largest absolute Gasteiger partial charge is 0.489 e. The number of nitrogens with one attached hydrogen (secondary N) is 1. The summed E-state index contributed by atoms with van der Waals surface area (Å²) < 4.78 is 39.4. The van der Waals surface area contributed by atoms with Crippen LogP contribution in [0.5, 0.6) is 5.75 Å². The Labute approximate surface area is 220 Å². The van der Waals surface area contributed by atoms with E-state index < -0.39 is 17.2 Å². The number of hydrogen-bond donors (Lipinski definition) is 2. The molecule has 2 aliphatic carbocycles. The van der Waals surface area contributed by atoms with Crippen LogP contribution in [0, 0.1) is 18.6 Å². The highest BCUT2D eigenvalue weighted by atomic mass is 19.2. The number of aryl methyl sites for hydroxylation is 1. The van der Waals surface area contributed by atoms with Crippen molar-refractivity contribution in [1.82, 2.24) is 24.7 Å².